The fourth-order valence-corrected chi connectivity index (χ4v) is 2.73. The molecule has 2 atom stereocenters. The molecule has 2 rings (SSSR count). The highest BCUT2D eigenvalue weighted by atomic mass is 79.9. The van der Waals surface area contributed by atoms with E-state index in [1.54, 1.807) is 76.6 Å². The Balaban J connectivity index is 2.15. The van der Waals surface area contributed by atoms with Crippen LogP contribution in [0, 0.1) is 0 Å². The van der Waals surface area contributed by atoms with E-state index in [-0.39, 0.29) is 19.7 Å². The summed E-state index contributed by atoms with van der Waals surface area (Å²) in [6, 6.07) is 16.9. The van der Waals surface area contributed by atoms with Gasteiger partial charge < -0.3 is 14.2 Å². The van der Waals surface area contributed by atoms with Gasteiger partial charge in [0.1, 0.15) is 0 Å². The lowest BCUT2D eigenvalue weighted by atomic mass is 10.1. The summed E-state index contributed by atoms with van der Waals surface area (Å²) in [6.45, 7) is -1.04. The fourth-order valence-electron chi connectivity index (χ4n) is 2.50. The van der Waals surface area contributed by atoms with Crippen molar-refractivity contribution in [1.82, 2.24) is 0 Å². The molecule has 0 unspecified atom stereocenters. The molecule has 0 bridgehead atoms. The van der Waals surface area contributed by atoms with E-state index in [1.165, 1.54) is 0 Å². The molecule has 0 aliphatic rings. The number of hydrogen-bond acceptors (Lipinski definition) is 4. The van der Waals surface area contributed by atoms with Crippen LogP contribution in [-0.4, -0.2) is 36.0 Å². The van der Waals surface area contributed by atoms with E-state index in [9.17, 15) is 22.4 Å². The van der Waals surface area contributed by atoms with Crippen molar-refractivity contribution in [1.29, 1.82) is 0 Å². The number of carbonyl (C=O) groups is 1. The molecule has 0 N–H and O–H groups in total. The van der Waals surface area contributed by atoms with Crippen LogP contribution in [0.1, 0.15) is 11.1 Å². The first-order valence-electron chi connectivity index (χ1n) is 8.56. The van der Waals surface area contributed by atoms with Gasteiger partial charge in [-0.2, -0.15) is 17.6 Å². The molecule has 0 aliphatic heterocycles. The van der Waals surface area contributed by atoms with Gasteiger partial charge in [0.15, 0.2) is 12.2 Å². The van der Waals surface area contributed by atoms with Crippen LogP contribution >= 0.6 is 15.9 Å². The minimum absolute atomic E-state index is 0.0151. The highest BCUT2D eigenvalue weighted by Crippen LogP contribution is 2.44. The number of hydrogen-bond donors (Lipinski definition) is 0. The Hall–Kier alpha value is -1.97. The van der Waals surface area contributed by atoms with Crippen molar-refractivity contribution in [2.45, 2.75) is 36.2 Å². The molecule has 4 nitrogen and oxygen atoms in total. The second kappa shape index (κ2) is 10.7. The predicted molar refractivity (Wildman–Crippen MR) is 101 cm³/mol. The average molecular weight is 479 g/mol. The summed E-state index contributed by atoms with van der Waals surface area (Å²) in [6.07, 6.45) is -4.23. The molecule has 0 aliphatic carbocycles. The summed E-state index contributed by atoms with van der Waals surface area (Å²) in [5.41, 5.74) is 1.22. The predicted octanol–water partition coefficient (Wildman–Crippen LogP) is 4.95. The molecule has 158 valence electrons. The molecule has 0 heterocycles. The average Bonchev–Trinajstić information content (AvgIpc) is 2.68. The molecule has 0 spiro atoms. The minimum Gasteiger partial charge on any atom is -0.459 e. The van der Waals surface area contributed by atoms with Crippen LogP contribution in [0.3, 0.4) is 0 Å². The first-order chi connectivity index (χ1) is 13.8. The summed E-state index contributed by atoms with van der Waals surface area (Å²) < 4.78 is 71.1. The maximum absolute atomic E-state index is 14.4. The molecule has 0 aromatic heterocycles. The number of alkyl halides is 5. The number of benzene rings is 2. The zero-order chi connectivity index (χ0) is 21.3. The van der Waals surface area contributed by atoms with Gasteiger partial charge in [0.2, 0.25) is 0 Å². The fraction of sp³-hybridized carbons (Fsp3) is 0.350. The summed E-state index contributed by atoms with van der Waals surface area (Å²) in [4.78, 5) is 6.23. The van der Waals surface area contributed by atoms with Gasteiger partial charge in [-0.3, -0.25) is 4.79 Å². The molecule has 0 saturated heterocycles. The zero-order valence-corrected chi connectivity index (χ0v) is 16.7. The number of ether oxygens (including phenoxy) is 3. The molecule has 2 aromatic carbocycles. The molecular formula is C20H19BrF4O4. The van der Waals surface area contributed by atoms with Crippen molar-refractivity contribution in [3.8, 4) is 0 Å². The molecular weight excluding hydrogens is 460 g/mol. The second-order valence-electron chi connectivity index (χ2n) is 6.11. The van der Waals surface area contributed by atoms with Crippen LogP contribution in [0.5, 0.6) is 0 Å². The van der Waals surface area contributed by atoms with E-state index in [0.29, 0.717) is 5.56 Å². The Bertz CT molecular complexity index is 741. The smallest absolute Gasteiger partial charge is 0.366 e. The summed E-state index contributed by atoms with van der Waals surface area (Å²) in [7, 11) is 0. The molecule has 9 heteroatoms. The first-order valence-corrected chi connectivity index (χ1v) is 9.36. The minimum atomic E-state index is -4.69. The van der Waals surface area contributed by atoms with E-state index >= 15 is 0 Å². The summed E-state index contributed by atoms with van der Waals surface area (Å²) in [5, 5.41) is 0. The van der Waals surface area contributed by atoms with E-state index in [0.717, 1.165) is 5.56 Å². The maximum Gasteiger partial charge on any atom is 0.366 e. The molecule has 2 aromatic rings. The van der Waals surface area contributed by atoms with Crippen molar-refractivity contribution >= 4 is 22.4 Å². The monoisotopic (exact) mass is 478 g/mol. The van der Waals surface area contributed by atoms with E-state index < -0.39 is 29.6 Å². The standard InChI is InChI=1S/C20H19BrF4O4/c21-20(24,25)19(22,23)18(28-12-16-9-5-2-6-10-16)17(29-14-26)13-27-11-15-7-3-1-4-8-15/h1-10,14,17-18H,11-13H2/t17-,18-/m1/s1. The van der Waals surface area contributed by atoms with Crippen molar-refractivity contribution in [2.24, 2.45) is 0 Å². The van der Waals surface area contributed by atoms with Crippen LogP contribution in [0.2, 0.25) is 0 Å². The third-order valence-corrected chi connectivity index (χ3v) is 4.50. The number of carbonyl (C=O) groups excluding carboxylic acids is 1. The van der Waals surface area contributed by atoms with Crippen LogP contribution in [0.15, 0.2) is 60.7 Å². The van der Waals surface area contributed by atoms with Gasteiger partial charge in [0, 0.05) is 0 Å². The van der Waals surface area contributed by atoms with Crippen LogP contribution in [0.25, 0.3) is 0 Å². The topological polar surface area (TPSA) is 44.8 Å². The van der Waals surface area contributed by atoms with E-state index in [1.807, 2.05) is 0 Å². The van der Waals surface area contributed by atoms with Gasteiger partial charge >= 0.3 is 10.8 Å². The van der Waals surface area contributed by atoms with Crippen molar-refractivity contribution in [2.75, 3.05) is 6.61 Å². The van der Waals surface area contributed by atoms with Gasteiger partial charge in [-0.15, -0.1) is 0 Å². The van der Waals surface area contributed by atoms with Gasteiger partial charge in [-0.1, -0.05) is 60.7 Å². The summed E-state index contributed by atoms with van der Waals surface area (Å²) >= 11 is 1.70. The van der Waals surface area contributed by atoms with Gasteiger partial charge in [0.05, 0.1) is 19.8 Å². The quantitative estimate of drug-likeness (QED) is 0.246. The van der Waals surface area contributed by atoms with Gasteiger partial charge in [-0.05, 0) is 27.1 Å². The Morgan fingerprint density at radius 2 is 1.41 bits per heavy atom. The SMILES string of the molecule is O=CO[C@H](COCc1ccccc1)[C@@H](OCc1ccccc1)C(F)(F)C(F)(F)Br. The van der Waals surface area contributed by atoms with Crippen LogP contribution in [0.4, 0.5) is 17.6 Å². The lowest BCUT2D eigenvalue weighted by Gasteiger charge is -2.34. The highest BCUT2D eigenvalue weighted by molar-refractivity contribution is 9.10. The third-order valence-electron chi connectivity index (χ3n) is 3.97. The molecule has 0 amide bonds. The second-order valence-corrected chi connectivity index (χ2v) is 7.11. The van der Waals surface area contributed by atoms with E-state index in [4.69, 9.17) is 9.47 Å². The Kier molecular flexibility index (Phi) is 8.60. The Morgan fingerprint density at radius 3 is 1.90 bits per heavy atom. The van der Waals surface area contributed by atoms with Crippen molar-refractivity contribution in [3.05, 3.63) is 71.8 Å². The van der Waals surface area contributed by atoms with E-state index in [2.05, 4.69) is 4.74 Å². The number of rotatable bonds is 12. The lowest BCUT2D eigenvalue weighted by molar-refractivity contribution is -0.252. The Morgan fingerprint density at radius 1 is 0.897 bits per heavy atom. The highest BCUT2D eigenvalue weighted by Gasteiger charge is 2.63. The van der Waals surface area contributed by atoms with Gasteiger partial charge in [-0.25, -0.2) is 0 Å². The molecule has 0 saturated carbocycles. The normalized spacial score (nSPS) is 14.2. The van der Waals surface area contributed by atoms with Crippen molar-refractivity contribution in [3.63, 3.8) is 0 Å². The first kappa shape index (κ1) is 23.3. The largest absolute Gasteiger partial charge is 0.459 e. The number of halogens is 5. The van der Waals surface area contributed by atoms with Crippen LogP contribution < -0.4 is 0 Å². The van der Waals surface area contributed by atoms with Crippen LogP contribution in [-0.2, 0) is 32.2 Å². The summed E-state index contributed by atoms with van der Waals surface area (Å²) in [5.74, 6) is -4.69. The molecule has 29 heavy (non-hydrogen) atoms. The third kappa shape index (κ3) is 6.80. The molecule has 0 fully saturated rings. The maximum atomic E-state index is 14.4. The Labute approximate surface area is 173 Å². The zero-order valence-electron chi connectivity index (χ0n) is 15.1. The molecule has 0 radical (unpaired) electrons. The lowest BCUT2D eigenvalue weighted by Crippen LogP contribution is -2.55. The van der Waals surface area contributed by atoms with Crippen molar-refractivity contribution < 1.29 is 36.6 Å². The van der Waals surface area contributed by atoms with Gasteiger partial charge in [0.25, 0.3) is 6.47 Å².